The molecule has 83 heavy (non-hydrogen) atoms. The molecular weight excluding hydrogens is 1060 g/mol. The molecule has 0 saturated heterocycles. The molecule has 8 aromatic rings. The van der Waals surface area contributed by atoms with Crippen molar-refractivity contribution in [1.82, 2.24) is 39.9 Å². The molecule has 0 aliphatic heterocycles. The van der Waals surface area contributed by atoms with Gasteiger partial charge in [-0.25, -0.2) is 24.6 Å². The van der Waals surface area contributed by atoms with Crippen LogP contribution in [0.15, 0.2) is 120 Å². The first-order chi connectivity index (χ1) is 39.2. The summed E-state index contributed by atoms with van der Waals surface area (Å²) < 4.78 is 3.09. The van der Waals surface area contributed by atoms with Gasteiger partial charge in [0.1, 0.15) is 41.3 Å². The molecule has 25 heteroatoms. The van der Waals surface area contributed by atoms with Crippen LogP contribution < -0.4 is 20.9 Å². The van der Waals surface area contributed by atoms with Crippen molar-refractivity contribution < 1.29 is 30.0 Å². The Balaban J connectivity index is 0.000000251. The van der Waals surface area contributed by atoms with E-state index in [1.807, 2.05) is 26.0 Å². The fourth-order valence-electron chi connectivity index (χ4n) is 7.50. The van der Waals surface area contributed by atoms with Gasteiger partial charge in [0, 0.05) is 55.6 Å². The van der Waals surface area contributed by atoms with Gasteiger partial charge in [0.05, 0.1) is 58.8 Å². The summed E-state index contributed by atoms with van der Waals surface area (Å²) in [4.78, 5) is 26.1. The van der Waals surface area contributed by atoms with E-state index in [2.05, 4.69) is 87.2 Å². The fourth-order valence-corrected chi connectivity index (χ4v) is 7.50. The summed E-state index contributed by atoms with van der Waals surface area (Å²) in [5.41, 5.74) is 34.1. The van der Waals surface area contributed by atoms with Crippen LogP contribution in [0.2, 0.25) is 0 Å². The van der Waals surface area contributed by atoms with Crippen LogP contribution in [0, 0.1) is 54.1 Å². The first-order valence-electron chi connectivity index (χ1n) is 25.5. The molecule has 0 unspecified atom stereocenters. The van der Waals surface area contributed by atoms with Crippen molar-refractivity contribution in [3.05, 3.63) is 198 Å². The third kappa shape index (κ3) is 18.5. The van der Waals surface area contributed by atoms with E-state index in [0.717, 1.165) is 27.0 Å². The highest BCUT2D eigenvalue weighted by molar-refractivity contribution is 5.71. The van der Waals surface area contributed by atoms with Crippen LogP contribution in [0.1, 0.15) is 124 Å². The van der Waals surface area contributed by atoms with Crippen LogP contribution in [0.3, 0.4) is 0 Å². The van der Waals surface area contributed by atoms with Crippen molar-refractivity contribution in [2.75, 3.05) is 11.5 Å². The number of aromatic nitrogens is 10. The van der Waals surface area contributed by atoms with Crippen molar-refractivity contribution in [3.63, 3.8) is 0 Å². The van der Waals surface area contributed by atoms with Crippen LogP contribution >= 0.6 is 0 Å². The fraction of sp³-hybridized carbons (Fsp3) is 0.293. The monoisotopic (exact) mass is 1120 g/mol. The third-order valence-corrected chi connectivity index (χ3v) is 11.6. The van der Waals surface area contributed by atoms with E-state index in [9.17, 15) is 31.0 Å². The number of pyridine rings is 3. The highest BCUT2D eigenvalue weighted by Crippen LogP contribution is 2.29. The molecule has 0 atom stereocenters. The van der Waals surface area contributed by atoms with E-state index in [0.29, 0.717) is 72.8 Å². The number of aliphatic hydroxyl groups is 3. The highest BCUT2D eigenvalue weighted by atomic mass is 16.5. The Hall–Kier alpha value is -10.6. The minimum Gasteiger partial charge on any atom is -0.618 e. The van der Waals surface area contributed by atoms with Crippen molar-refractivity contribution in [1.29, 1.82) is 10.5 Å². The summed E-state index contributed by atoms with van der Waals surface area (Å²) >= 11 is 0. The topological polar surface area (TPSA) is 404 Å². The SMILES string of the molecule is C#Cc1cc(-c2cccc(C#N)c2C)nc(N)n1.CC(C)(O)c1cccc(CN=[N+]=[N-])[n+]1[O-].CC(C)(O)c1cccc(CN=[N+]=[N-])n1.CCC.Cc1c(C#N)cccc1-c1cc(-c2cn(Cc3cccc(C(C)(C)O)[n+]3O)nn2)nc(N)n1. The molecule has 8 N–H and O–H groups in total. The number of hydrogen-bond donors (Lipinski definition) is 6. The second-order valence-electron chi connectivity index (χ2n) is 19.7. The van der Waals surface area contributed by atoms with Gasteiger partial charge < -0.3 is 32.0 Å². The van der Waals surface area contributed by atoms with Gasteiger partial charge in [-0.1, -0.05) is 72.0 Å². The Morgan fingerprint density at radius 2 is 1.16 bits per heavy atom. The number of hydrogen-bond acceptors (Lipinski definition) is 18. The Morgan fingerprint density at radius 1 is 0.663 bits per heavy atom. The van der Waals surface area contributed by atoms with Crippen molar-refractivity contribution >= 4 is 11.9 Å². The zero-order valence-corrected chi connectivity index (χ0v) is 47.7. The minimum atomic E-state index is -1.21. The Bertz CT molecular complexity index is 3770. The van der Waals surface area contributed by atoms with E-state index in [-0.39, 0.29) is 37.2 Å². The molecule has 25 nitrogen and oxygen atoms in total. The maximum atomic E-state index is 11.7. The molecule has 0 saturated carbocycles. The summed E-state index contributed by atoms with van der Waals surface area (Å²) in [7, 11) is 0. The predicted octanol–water partition coefficient (Wildman–Crippen LogP) is 8.75. The van der Waals surface area contributed by atoms with Crippen LogP contribution in [-0.4, -0.2) is 60.4 Å². The average molecular weight is 1120 g/mol. The molecule has 6 heterocycles. The lowest BCUT2D eigenvalue weighted by atomic mass is 10.00. The van der Waals surface area contributed by atoms with E-state index in [1.54, 1.807) is 124 Å². The molecule has 0 aliphatic rings. The number of azide groups is 2. The molecule has 2 aromatic carbocycles. The van der Waals surface area contributed by atoms with Crippen molar-refractivity contribution in [2.24, 2.45) is 10.2 Å². The summed E-state index contributed by atoms with van der Waals surface area (Å²) in [6.45, 7) is 17.9. The Kier molecular flexibility index (Phi) is 23.2. The molecule has 426 valence electrons. The van der Waals surface area contributed by atoms with Crippen LogP contribution in [0.25, 0.3) is 54.8 Å². The lowest BCUT2D eigenvalue weighted by molar-refractivity contribution is -0.917. The average Bonchev–Trinajstić information content (AvgIpc) is 4.10. The predicted molar refractivity (Wildman–Crippen MR) is 310 cm³/mol. The van der Waals surface area contributed by atoms with Crippen LogP contribution in [0.5, 0.6) is 0 Å². The lowest BCUT2D eigenvalue weighted by Crippen LogP contribution is -2.45. The van der Waals surface area contributed by atoms with E-state index in [4.69, 9.17) is 34.2 Å². The summed E-state index contributed by atoms with van der Waals surface area (Å²) in [6.07, 6.45) is 8.24. The van der Waals surface area contributed by atoms with Gasteiger partial charge in [0.2, 0.25) is 17.6 Å². The smallest absolute Gasteiger partial charge is 0.265 e. The normalized spacial score (nSPS) is 10.6. The molecule has 0 spiro atoms. The molecule has 6 aromatic heterocycles. The molecule has 0 aliphatic carbocycles. The largest absolute Gasteiger partial charge is 0.618 e. The van der Waals surface area contributed by atoms with Crippen molar-refractivity contribution in [2.45, 2.75) is 112 Å². The third-order valence-electron chi connectivity index (χ3n) is 11.6. The van der Waals surface area contributed by atoms with Crippen molar-refractivity contribution in [3.8, 4) is 58.4 Å². The minimum absolute atomic E-state index is 0.0239. The molecule has 8 rings (SSSR count). The molecule has 0 radical (unpaired) electrons. The number of benzene rings is 2. The molecular formula is C58H65N20O5+. The zero-order valence-electron chi connectivity index (χ0n) is 47.7. The number of nitrogens with zero attached hydrogens (tertiary/aromatic N) is 18. The maximum Gasteiger partial charge on any atom is 0.265 e. The number of anilines is 2. The van der Waals surface area contributed by atoms with Gasteiger partial charge in [-0.3, -0.25) is 10.2 Å². The summed E-state index contributed by atoms with van der Waals surface area (Å²) in [5.74, 6) is 2.63. The number of rotatable bonds is 12. The molecule has 0 fully saturated rings. The Labute approximate surface area is 480 Å². The number of nitriles is 2. The quantitative estimate of drug-likeness (QED) is 0.0127. The highest BCUT2D eigenvalue weighted by Gasteiger charge is 2.31. The number of terminal acetylenes is 1. The van der Waals surface area contributed by atoms with Gasteiger partial charge in [-0.05, 0) is 126 Å². The van der Waals surface area contributed by atoms with E-state index in [1.165, 1.54) is 26.3 Å². The van der Waals surface area contributed by atoms with E-state index < -0.39 is 16.8 Å². The second kappa shape index (κ2) is 29.6. The van der Waals surface area contributed by atoms with E-state index >= 15 is 0 Å². The maximum absolute atomic E-state index is 11.7. The first-order valence-corrected chi connectivity index (χ1v) is 25.5. The van der Waals surface area contributed by atoms with Gasteiger partial charge in [-0.2, -0.15) is 15.3 Å². The summed E-state index contributed by atoms with van der Waals surface area (Å²) in [6, 6.07) is 33.7. The Morgan fingerprint density at radius 3 is 1.69 bits per heavy atom. The van der Waals surface area contributed by atoms with Crippen LogP contribution in [0.4, 0.5) is 11.9 Å². The molecule has 0 bridgehead atoms. The standard InChI is InChI=1S/C23H23N8O2.C14H10N4.C9H12N4O2.C9H12N4O.C3H8/c1-14-15(11-24)6-4-8-17(14)18-10-19(27-22(25)26-18)20-13-30(29-28-20)12-16-7-5-9-21(31(16)33)23(2,3)32;1-3-11-7-13(18-14(16)17-11)12-6-4-5-10(8-15)9(12)2;1-9(2,14)8-5-3-4-7(13(8)15)6-11-12-10;1-9(2,14)8-5-3-4-7(12-8)6-11-13-10;1-3-2/h4-10,13,32-33H,12H2,1-3H3,(H2,25,26,27);1,4-7H,2H3,(H2,16,17,18);3-5,14H,6H2,1-2H3;3-5,14H,6H2,1-2H3;3H2,1-2H3/q+1;;;;. The first kappa shape index (κ1) is 65.0. The second-order valence-corrected chi connectivity index (χ2v) is 19.7. The lowest BCUT2D eigenvalue weighted by Gasteiger charge is -2.17. The summed E-state index contributed by atoms with van der Waals surface area (Å²) in [5, 5.41) is 85.2. The van der Waals surface area contributed by atoms with Gasteiger partial charge in [0.25, 0.3) is 11.4 Å². The van der Waals surface area contributed by atoms with Gasteiger partial charge in [-0.15, -0.1) is 11.5 Å². The number of nitrogen functional groups attached to an aromatic ring is 2. The van der Waals surface area contributed by atoms with Gasteiger partial charge >= 0.3 is 0 Å². The van der Waals surface area contributed by atoms with Crippen LogP contribution in [-0.2, 0) is 36.4 Å². The number of nitrogens with two attached hydrogens (primary N) is 2. The molecule has 0 amide bonds. The van der Waals surface area contributed by atoms with Gasteiger partial charge in [0.15, 0.2) is 5.69 Å². The zero-order chi connectivity index (χ0) is 61.7.